The monoisotopic (exact) mass is 246 g/mol. The molecule has 0 N–H and O–H groups in total. The second-order valence-electron chi connectivity index (χ2n) is 6.30. The number of nitrogens with zero attached hydrogens (tertiary/aromatic N) is 2. The van der Waals surface area contributed by atoms with Crippen LogP contribution in [0.4, 0.5) is 0 Å². The Kier molecular flexibility index (Phi) is 2.54. The number of rotatable bonds is 2. The van der Waals surface area contributed by atoms with Gasteiger partial charge in [0.15, 0.2) is 0 Å². The molecule has 1 aliphatic heterocycles. The van der Waals surface area contributed by atoms with E-state index >= 15 is 0 Å². The summed E-state index contributed by atoms with van der Waals surface area (Å²) in [6.45, 7) is 8.37. The van der Waals surface area contributed by atoms with Crippen LogP contribution in [0.3, 0.4) is 0 Å². The van der Waals surface area contributed by atoms with Gasteiger partial charge in [0, 0.05) is 18.2 Å². The van der Waals surface area contributed by atoms with Gasteiger partial charge in [-0.25, -0.2) is 9.97 Å². The molecule has 0 aromatic carbocycles. The lowest BCUT2D eigenvalue weighted by Crippen LogP contribution is -2.41. The van der Waals surface area contributed by atoms with Crippen molar-refractivity contribution >= 4 is 7.12 Å². The Morgan fingerprint density at radius 1 is 1.11 bits per heavy atom. The van der Waals surface area contributed by atoms with Crippen molar-refractivity contribution in [3.63, 3.8) is 0 Å². The van der Waals surface area contributed by atoms with Crippen molar-refractivity contribution in [3.8, 4) is 0 Å². The van der Waals surface area contributed by atoms with Gasteiger partial charge in [0.1, 0.15) is 6.33 Å². The first-order valence-corrected chi connectivity index (χ1v) is 6.51. The van der Waals surface area contributed by atoms with Crippen LogP contribution in [-0.4, -0.2) is 28.3 Å². The van der Waals surface area contributed by atoms with E-state index in [-0.39, 0.29) is 18.3 Å². The van der Waals surface area contributed by atoms with Gasteiger partial charge in [-0.1, -0.05) is 0 Å². The third-order valence-electron chi connectivity index (χ3n) is 4.47. The molecule has 96 valence electrons. The van der Waals surface area contributed by atoms with Gasteiger partial charge >= 0.3 is 7.12 Å². The highest BCUT2D eigenvalue weighted by Gasteiger charge is 2.59. The lowest BCUT2D eigenvalue weighted by molar-refractivity contribution is 0.00578. The topological polar surface area (TPSA) is 44.2 Å². The Hall–Kier alpha value is -0.935. The molecule has 5 heteroatoms. The summed E-state index contributed by atoms with van der Waals surface area (Å²) in [4.78, 5) is 8.14. The summed E-state index contributed by atoms with van der Waals surface area (Å²) < 4.78 is 12.2. The average molecular weight is 246 g/mol. The highest BCUT2D eigenvalue weighted by atomic mass is 16.7. The van der Waals surface area contributed by atoms with E-state index in [9.17, 15) is 0 Å². The summed E-state index contributed by atoms with van der Waals surface area (Å²) in [5, 5.41) is 0. The van der Waals surface area contributed by atoms with Gasteiger partial charge in [0.2, 0.25) is 0 Å². The molecule has 3 rings (SSSR count). The first-order chi connectivity index (χ1) is 8.41. The second-order valence-corrected chi connectivity index (χ2v) is 6.30. The highest BCUT2D eigenvalue weighted by Crippen LogP contribution is 2.58. The van der Waals surface area contributed by atoms with Gasteiger partial charge in [-0.3, -0.25) is 0 Å². The van der Waals surface area contributed by atoms with Crippen molar-refractivity contribution in [2.75, 3.05) is 0 Å². The summed E-state index contributed by atoms with van der Waals surface area (Å²) in [5.74, 6) is 0.929. The minimum atomic E-state index is -0.238. The Morgan fingerprint density at radius 3 is 2.22 bits per heavy atom. The molecule has 2 unspecified atom stereocenters. The molecule has 0 radical (unpaired) electrons. The molecular weight excluding hydrogens is 227 g/mol. The Bertz CT molecular complexity index is 434. The van der Waals surface area contributed by atoms with Crippen LogP contribution in [0, 0.1) is 0 Å². The minimum Gasteiger partial charge on any atom is -0.403 e. The summed E-state index contributed by atoms with van der Waals surface area (Å²) >= 11 is 0. The van der Waals surface area contributed by atoms with Crippen molar-refractivity contribution in [1.82, 2.24) is 9.97 Å². The smallest absolute Gasteiger partial charge is 0.403 e. The van der Waals surface area contributed by atoms with E-state index in [1.54, 1.807) is 6.33 Å². The quantitative estimate of drug-likeness (QED) is 0.751. The van der Waals surface area contributed by atoms with Crippen LogP contribution in [0.1, 0.15) is 45.6 Å². The van der Waals surface area contributed by atoms with Crippen LogP contribution >= 0.6 is 0 Å². The maximum absolute atomic E-state index is 6.08. The van der Waals surface area contributed by atoms with Crippen LogP contribution in [0.2, 0.25) is 5.82 Å². The third kappa shape index (κ3) is 1.86. The minimum absolute atomic E-state index is 0.0970. The summed E-state index contributed by atoms with van der Waals surface area (Å²) in [6.07, 6.45) is 6.45. The molecule has 2 atom stereocenters. The molecule has 1 saturated heterocycles. The molecule has 2 fully saturated rings. The van der Waals surface area contributed by atoms with E-state index in [0.29, 0.717) is 11.7 Å². The molecule has 4 nitrogen and oxygen atoms in total. The zero-order chi connectivity index (χ0) is 13.0. The average Bonchev–Trinajstić information content (AvgIpc) is 3.04. The molecule has 18 heavy (non-hydrogen) atoms. The van der Waals surface area contributed by atoms with Crippen molar-refractivity contribution in [2.45, 2.75) is 57.1 Å². The van der Waals surface area contributed by atoms with Crippen LogP contribution < -0.4 is 0 Å². The highest BCUT2D eigenvalue weighted by molar-refractivity contribution is 6.49. The summed E-state index contributed by atoms with van der Waals surface area (Å²) in [5.41, 5.74) is 0.716. The van der Waals surface area contributed by atoms with Crippen LogP contribution in [0.25, 0.3) is 0 Å². The lowest BCUT2D eigenvalue weighted by Gasteiger charge is -2.32. The molecule has 0 bridgehead atoms. The Labute approximate surface area is 108 Å². The zero-order valence-electron chi connectivity index (χ0n) is 11.4. The number of aromatic nitrogens is 2. The molecular formula is C13H19BN2O2. The fourth-order valence-corrected chi connectivity index (χ4v) is 2.46. The van der Waals surface area contributed by atoms with Gasteiger partial charge < -0.3 is 9.31 Å². The molecule has 1 aromatic rings. The van der Waals surface area contributed by atoms with Gasteiger partial charge in [-0.05, 0) is 45.6 Å². The van der Waals surface area contributed by atoms with Crippen LogP contribution in [0.5, 0.6) is 0 Å². The predicted octanol–water partition coefficient (Wildman–Crippen LogP) is 2.43. The fourth-order valence-electron chi connectivity index (χ4n) is 2.46. The number of hydrogen-bond acceptors (Lipinski definition) is 4. The van der Waals surface area contributed by atoms with Crippen LogP contribution in [0.15, 0.2) is 18.7 Å². The van der Waals surface area contributed by atoms with Gasteiger partial charge in [-0.15, -0.1) is 0 Å². The first kappa shape index (κ1) is 12.1. The molecule has 1 aliphatic carbocycles. The normalized spacial score (nSPS) is 32.6. The Morgan fingerprint density at radius 2 is 1.67 bits per heavy atom. The van der Waals surface area contributed by atoms with Crippen molar-refractivity contribution < 1.29 is 9.31 Å². The van der Waals surface area contributed by atoms with E-state index in [0.717, 1.165) is 6.42 Å². The molecule has 0 spiro atoms. The Balaban J connectivity index is 1.70. The maximum atomic E-state index is 6.08. The van der Waals surface area contributed by atoms with Gasteiger partial charge in [-0.2, -0.15) is 0 Å². The van der Waals surface area contributed by atoms with Crippen molar-refractivity contribution in [1.29, 1.82) is 0 Å². The SMILES string of the molecule is CC1(C)OB(C2CC2c2cncnc2)OC1(C)C. The van der Waals surface area contributed by atoms with E-state index in [4.69, 9.17) is 9.31 Å². The van der Waals surface area contributed by atoms with Crippen molar-refractivity contribution in [3.05, 3.63) is 24.3 Å². The standard InChI is InChI=1S/C13H19BN2O2/c1-12(2)13(3,4)18-14(17-12)11-5-10(11)9-6-15-8-16-7-9/h6-8,10-11H,5H2,1-4H3. The van der Waals surface area contributed by atoms with Crippen LogP contribution in [-0.2, 0) is 9.31 Å². The third-order valence-corrected chi connectivity index (χ3v) is 4.47. The first-order valence-electron chi connectivity index (χ1n) is 6.51. The molecule has 2 aliphatic rings. The fraction of sp³-hybridized carbons (Fsp3) is 0.692. The van der Waals surface area contributed by atoms with E-state index in [1.165, 1.54) is 5.56 Å². The number of hydrogen-bond donors (Lipinski definition) is 0. The molecule has 2 heterocycles. The van der Waals surface area contributed by atoms with E-state index < -0.39 is 0 Å². The summed E-state index contributed by atoms with van der Waals surface area (Å²) in [7, 11) is -0.0970. The maximum Gasteiger partial charge on any atom is 0.461 e. The lowest BCUT2D eigenvalue weighted by atomic mass is 9.80. The van der Waals surface area contributed by atoms with E-state index in [1.807, 2.05) is 12.4 Å². The largest absolute Gasteiger partial charge is 0.461 e. The predicted molar refractivity (Wildman–Crippen MR) is 69.2 cm³/mol. The molecule has 1 saturated carbocycles. The van der Waals surface area contributed by atoms with Crippen molar-refractivity contribution in [2.24, 2.45) is 0 Å². The molecule has 1 aromatic heterocycles. The molecule has 0 amide bonds. The zero-order valence-corrected chi connectivity index (χ0v) is 11.4. The van der Waals surface area contributed by atoms with Gasteiger partial charge in [0.05, 0.1) is 11.2 Å². The van der Waals surface area contributed by atoms with E-state index in [2.05, 4.69) is 37.7 Å². The summed E-state index contributed by atoms with van der Waals surface area (Å²) in [6, 6.07) is 0. The second kappa shape index (κ2) is 3.78. The van der Waals surface area contributed by atoms with Gasteiger partial charge in [0.25, 0.3) is 0 Å².